The third kappa shape index (κ3) is 4.25. The fraction of sp³-hybridized carbons (Fsp3) is 0.538. The number of aryl methyl sites for hydroxylation is 1. The summed E-state index contributed by atoms with van der Waals surface area (Å²) in [5.74, 6) is 1.04. The van der Waals surface area contributed by atoms with Gasteiger partial charge in [0.05, 0.1) is 6.61 Å². The maximum Gasteiger partial charge on any atom is 0.122 e. The maximum absolute atomic E-state index is 5.75. The SMILES string of the molecule is Cc1cccc(OCCCCCBr)c1C. The highest BCUT2D eigenvalue weighted by Gasteiger charge is 2.00. The van der Waals surface area contributed by atoms with Gasteiger partial charge in [0, 0.05) is 5.33 Å². The van der Waals surface area contributed by atoms with E-state index in [1.54, 1.807) is 0 Å². The highest BCUT2D eigenvalue weighted by Crippen LogP contribution is 2.20. The predicted octanol–water partition coefficient (Wildman–Crippen LogP) is 4.25. The molecule has 0 spiro atoms. The number of unbranched alkanes of at least 4 members (excludes halogenated alkanes) is 2. The van der Waals surface area contributed by atoms with Crippen LogP contribution in [0.4, 0.5) is 0 Å². The van der Waals surface area contributed by atoms with Crippen molar-refractivity contribution in [2.75, 3.05) is 11.9 Å². The lowest BCUT2D eigenvalue weighted by Crippen LogP contribution is -1.99. The zero-order valence-electron chi connectivity index (χ0n) is 9.55. The van der Waals surface area contributed by atoms with E-state index in [4.69, 9.17) is 4.74 Å². The van der Waals surface area contributed by atoms with Gasteiger partial charge in [-0.3, -0.25) is 0 Å². The van der Waals surface area contributed by atoms with Crippen LogP contribution in [0.2, 0.25) is 0 Å². The summed E-state index contributed by atoms with van der Waals surface area (Å²) >= 11 is 3.43. The Kier molecular flexibility index (Phi) is 5.77. The zero-order chi connectivity index (χ0) is 11.1. The Bertz CT molecular complexity index is 297. The van der Waals surface area contributed by atoms with Crippen LogP contribution in [0.15, 0.2) is 18.2 Å². The standard InChI is InChI=1S/C13H19BrO/c1-11-7-6-8-13(12(11)2)15-10-5-3-4-9-14/h6-8H,3-5,9-10H2,1-2H3. The second kappa shape index (κ2) is 6.89. The number of rotatable bonds is 6. The van der Waals surface area contributed by atoms with E-state index in [0.717, 1.165) is 24.1 Å². The first kappa shape index (κ1) is 12.6. The van der Waals surface area contributed by atoms with E-state index in [1.165, 1.54) is 24.0 Å². The number of halogens is 1. The minimum Gasteiger partial charge on any atom is -0.493 e. The van der Waals surface area contributed by atoms with Crippen molar-refractivity contribution < 1.29 is 4.74 Å². The number of hydrogen-bond acceptors (Lipinski definition) is 1. The Morgan fingerprint density at radius 1 is 1.13 bits per heavy atom. The van der Waals surface area contributed by atoms with Gasteiger partial charge in [0.15, 0.2) is 0 Å². The smallest absolute Gasteiger partial charge is 0.122 e. The van der Waals surface area contributed by atoms with E-state index >= 15 is 0 Å². The Hall–Kier alpha value is -0.500. The molecule has 0 heterocycles. The summed E-state index contributed by atoms with van der Waals surface area (Å²) in [6.07, 6.45) is 3.60. The van der Waals surface area contributed by atoms with Crippen molar-refractivity contribution in [2.45, 2.75) is 33.1 Å². The molecule has 1 rings (SSSR count). The quantitative estimate of drug-likeness (QED) is 0.555. The van der Waals surface area contributed by atoms with Crippen molar-refractivity contribution in [1.82, 2.24) is 0 Å². The molecule has 1 nitrogen and oxygen atoms in total. The lowest BCUT2D eigenvalue weighted by atomic mass is 10.1. The van der Waals surface area contributed by atoms with Crippen LogP contribution >= 0.6 is 15.9 Å². The molecule has 0 unspecified atom stereocenters. The number of alkyl halides is 1. The predicted molar refractivity (Wildman–Crippen MR) is 69.1 cm³/mol. The normalized spacial score (nSPS) is 10.3. The molecule has 0 saturated carbocycles. The summed E-state index contributed by atoms with van der Waals surface area (Å²) in [5.41, 5.74) is 2.56. The van der Waals surface area contributed by atoms with E-state index in [0.29, 0.717) is 0 Å². The van der Waals surface area contributed by atoms with Gasteiger partial charge in [0.25, 0.3) is 0 Å². The lowest BCUT2D eigenvalue weighted by Gasteiger charge is -2.10. The summed E-state index contributed by atoms with van der Waals surface area (Å²) in [4.78, 5) is 0. The third-order valence-electron chi connectivity index (χ3n) is 2.59. The molecule has 0 aliphatic rings. The number of benzene rings is 1. The van der Waals surface area contributed by atoms with Gasteiger partial charge in [-0.2, -0.15) is 0 Å². The molecule has 0 amide bonds. The fourth-order valence-corrected chi connectivity index (χ4v) is 1.83. The minimum atomic E-state index is 0.831. The van der Waals surface area contributed by atoms with Crippen LogP contribution in [0.5, 0.6) is 5.75 Å². The average molecular weight is 271 g/mol. The molecule has 0 bridgehead atoms. The molecule has 0 fully saturated rings. The summed E-state index contributed by atoms with van der Waals surface area (Å²) in [6.45, 7) is 5.06. The van der Waals surface area contributed by atoms with Crippen molar-refractivity contribution in [3.63, 3.8) is 0 Å². The summed E-state index contributed by atoms with van der Waals surface area (Å²) < 4.78 is 5.75. The summed E-state index contributed by atoms with van der Waals surface area (Å²) in [6, 6.07) is 6.22. The van der Waals surface area contributed by atoms with Crippen LogP contribution in [-0.4, -0.2) is 11.9 Å². The van der Waals surface area contributed by atoms with Gasteiger partial charge in [-0.15, -0.1) is 0 Å². The topological polar surface area (TPSA) is 9.23 Å². The van der Waals surface area contributed by atoms with Crippen molar-refractivity contribution in [3.8, 4) is 5.75 Å². The van der Waals surface area contributed by atoms with E-state index in [-0.39, 0.29) is 0 Å². The van der Waals surface area contributed by atoms with Crippen molar-refractivity contribution in [3.05, 3.63) is 29.3 Å². The number of hydrogen-bond donors (Lipinski definition) is 0. The Labute approximate surface area is 101 Å². The minimum absolute atomic E-state index is 0.831. The van der Waals surface area contributed by atoms with E-state index in [1.807, 2.05) is 6.07 Å². The monoisotopic (exact) mass is 270 g/mol. The van der Waals surface area contributed by atoms with E-state index in [9.17, 15) is 0 Å². The van der Waals surface area contributed by atoms with Crippen LogP contribution in [-0.2, 0) is 0 Å². The van der Waals surface area contributed by atoms with Crippen LogP contribution in [0.25, 0.3) is 0 Å². The van der Waals surface area contributed by atoms with E-state index in [2.05, 4.69) is 41.9 Å². The van der Waals surface area contributed by atoms with Crippen molar-refractivity contribution in [1.29, 1.82) is 0 Å². The largest absolute Gasteiger partial charge is 0.493 e. The molecular formula is C13H19BrO. The molecule has 1 aromatic rings. The molecule has 0 aromatic heterocycles. The molecular weight excluding hydrogens is 252 g/mol. The molecule has 84 valence electrons. The van der Waals surface area contributed by atoms with Gasteiger partial charge in [0.1, 0.15) is 5.75 Å². The van der Waals surface area contributed by atoms with Gasteiger partial charge in [-0.05, 0) is 50.3 Å². The zero-order valence-corrected chi connectivity index (χ0v) is 11.1. The number of ether oxygens (including phenoxy) is 1. The van der Waals surface area contributed by atoms with E-state index < -0.39 is 0 Å². The van der Waals surface area contributed by atoms with Crippen molar-refractivity contribution in [2.24, 2.45) is 0 Å². The molecule has 0 aliphatic carbocycles. The molecule has 0 N–H and O–H groups in total. The molecule has 0 atom stereocenters. The van der Waals surface area contributed by atoms with Gasteiger partial charge in [-0.25, -0.2) is 0 Å². The van der Waals surface area contributed by atoms with Crippen LogP contribution < -0.4 is 4.74 Å². The third-order valence-corrected chi connectivity index (χ3v) is 3.15. The Morgan fingerprint density at radius 2 is 1.93 bits per heavy atom. The Morgan fingerprint density at radius 3 is 2.67 bits per heavy atom. The first-order chi connectivity index (χ1) is 7.25. The van der Waals surface area contributed by atoms with Gasteiger partial charge in [-0.1, -0.05) is 28.1 Å². The highest BCUT2D eigenvalue weighted by molar-refractivity contribution is 9.09. The van der Waals surface area contributed by atoms with Gasteiger partial charge >= 0.3 is 0 Å². The molecule has 2 heteroatoms. The average Bonchev–Trinajstić information content (AvgIpc) is 2.24. The first-order valence-electron chi connectivity index (χ1n) is 5.50. The highest BCUT2D eigenvalue weighted by atomic mass is 79.9. The summed E-state index contributed by atoms with van der Waals surface area (Å²) in [7, 11) is 0. The maximum atomic E-state index is 5.75. The lowest BCUT2D eigenvalue weighted by molar-refractivity contribution is 0.304. The second-order valence-corrected chi connectivity index (χ2v) is 4.59. The summed E-state index contributed by atoms with van der Waals surface area (Å²) in [5, 5.41) is 1.09. The van der Waals surface area contributed by atoms with Crippen LogP contribution in [0.1, 0.15) is 30.4 Å². The second-order valence-electron chi connectivity index (χ2n) is 3.80. The molecule has 0 saturated heterocycles. The van der Waals surface area contributed by atoms with Gasteiger partial charge < -0.3 is 4.74 Å². The van der Waals surface area contributed by atoms with Crippen LogP contribution in [0.3, 0.4) is 0 Å². The Balaban J connectivity index is 2.34. The van der Waals surface area contributed by atoms with Crippen molar-refractivity contribution >= 4 is 15.9 Å². The molecule has 0 radical (unpaired) electrons. The molecule has 0 aliphatic heterocycles. The first-order valence-corrected chi connectivity index (χ1v) is 6.63. The fourth-order valence-electron chi connectivity index (χ4n) is 1.44. The van der Waals surface area contributed by atoms with Gasteiger partial charge in [0.2, 0.25) is 0 Å². The van der Waals surface area contributed by atoms with Crippen LogP contribution in [0, 0.1) is 13.8 Å². The molecule has 1 aromatic carbocycles. The molecule has 15 heavy (non-hydrogen) atoms.